The van der Waals surface area contributed by atoms with Crippen LogP contribution in [0.2, 0.25) is 0 Å². The van der Waals surface area contributed by atoms with Crippen LogP contribution in [0.15, 0.2) is 64.9 Å². The van der Waals surface area contributed by atoms with Gasteiger partial charge in [0.1, 0.15) is 15.8 Å². The molecule has 8 nitrogen and oxygen atoms in total. The molecule has 2 aromatic heterocycles. The lowest BCUT2D eigenvalue weighted by molar-refractivity contribution is -0.122. The summed E-state index contributed by atoms with van der Waals surface area (Å²) in [6.45, 7) is 4.52. The number of hydrogen-bond acceptors (Lipinski definition) is 8. The topological polar surface area (TPSA) is 85.2 Å². The number of nitrogens with zero attached hydrogens (tertiary/aromatic N) is 3. The summed E-state index contributed by atoms with van der Waals surface area (Å²) in [6.07, 6.45) is 5.46. The van der Waals surface area contributed by atoms with Crippen molar-refractivity contribution >= 4 is 51.7 Å². The molecule has 0 spiro atoms. The molecule has 1 N–H and O–H groups in total. The third-order valence-corrected chi connectivity index (χ3v) is 6.78. The molecule has 1 amide bonds. The van der Waals surface area contributed by atoms with Gasteiger partial charge in [0.05, 0.1) is 24.7 Å². The number of carbonyl (C=O) groups excluding carboxylic acids is 1. The predicted molar refractivity (Wildman–Crippen MR) is 143 cm³/mol. The van der Waals surface area contributed by atoms with E-state index in [9.17, 15) is 9.59 Å². The van der Waals surface area contributed by atoms with Gasteiger partial charge in [-0.25, -0.2) is 4.98 Å². The lowest BCUT2D eigenvalue weighted by atomic mass is 10.1. The monoisotopic (exact) mass is 508 g/mol. The summed E-state index contributed by atoms with van der Waals surface area (Å²) >= 11 is 6.65. The minimum Gasteiger partial charge on any atom is -0.493 e. The Morgan fingerprint density at radius 3 is 2.71 bits per heavy atom. The van der Waals surface area contributed by atoms with Gasteiger partial charge in [0.2, 0.25) is 0 Å². The van der Waals surface area contributed by atoms with Crippen molar-refractivity contribution in [2.75, 3.05) is 32.6 Å². The standard InChI is InChI=1S/C25H24N4O4S2/c1-4-11-26-22-17(23(30)28-12-6-5-7-21(28)27-22)15-20-24(31)29(25(34)35-20)13-10-16-8-9-18(32-2)19(14-16)33-3/h4-9,12,14-15,26H,1,10-11,13H2,2-3H3/b20-15-. The van der Waals surface area contributed by atoms with Gasteiger partial charge < -0.3 is 14.8 Å². The Bertz CT molecular complexity index is 1400. The number of fused-ring (bicyclic) bond motifs is 1. The quantitative estimate of drug-likeness (QED) is 0.266. The molecule has 1 aromatic carbocycles. The normalized spacial score (nSPS) is 14.6. The number of aromatic nitrogens is 2. The Morgan fingerprint density at radius 1 is 1.17 bits per heavy atom. The van der Waals surface area contributed by atoms with Gasteiger partial charge in [-0.15, -0.1) is 6.58 Å². The fourth-order valence-corrected chi connectivity index (χ4v) is 4.93. The average molecular weight is 509 g/mol. The van der Waals surface area contributed by atoms with Gasteiger partial charge in [-0.3, -0.25) is 18.9 Å². The van der Waals surface area contributed by atoms with Gasteiger partial charge in [0, 0.05) is 19.3 Å². The Labute approximate surface area is 212 Å². The second kappa shape index (κ2) is 10.7. The SMILES string of the molecule is C=CCNc1nc2ccccn2c(=O)c1/C=C1\SC(=S)N(CCc2ccc(OC)c(OC)c2)C1=O. The largest absolute Gasteiger partial charge is 0.493 e. The van der Waals surface area contributed by atoms with Crippen LogP contribution in [0.3, 0.4) is 0 Å². The highest BCUT2D eigenvalue weighted by Gasteiger charge is 2.32. The van der Waals surface area contributed by atoms with Crippen LogP contribution in [-0.2, 0) is 11.2 Å². The molecule has 0 unspecified atom stereocenters. The van der Waals surface area contributed by atoms with Crippen LogP contribution >= 0.6 is 24.0 Å². The van der Waals surface area contributed by atoms with Crippen molar-refractivity contribution in [1.82, 2.24) is 14.3 Å². The maximum Gasteiger partial charge on any atom is 0.267 e. The number of thioether (sulfide) groups is 1. The van der Waals surface area contributed by atoms with E-state index in [0.29, 0.717) is 51.7 Å². The number of hydrogen-bond donors (Lipinski definition) is 1. The van der Waals surface area contributed by atoms with Crippen LogP contribution in [0.5, 0.6) is 11.5 Å². The molecule has 0 saturated carbocycles. The van der Waals surface area contributed by atoms with Crippen LogP contribution < -0.4 is 20.3 Å². The molecular formula is C25H24N4O4S2. The van der Waals surface area contributed by atoms with E-state index >= 15 is 0 Å². The van der Waals surface area contributed by atoms with Gasteiger partial charge in [0.15, 0.2) is 11.5 Å². The Kier molecular flexibility index (Phi) is 7.52. The van der Waals surface area contributed by atoms with E-state index in [1.807, 2.05) is 24.3 Å². The zero-order valence-electron chi connectivity index (χ0n) is 19.3. The Hall–Kier alpha value is -3.63. The van der Waals surface area contributed by atoms with E-state index in [0.717, 1.165) is 5.56 Å². The van der Waals surface area contributed by atoms with E-state index in [2.05, 4.69) is 16.9 Å². The fourth-order valence-electron chi connectivity index (χ4n) is 3.64. The number of benzene rings is 1. The van der Waals surface area contributed by atoms with Crippen LogP contribution in [0, 0.1) is 0 Å². The smallest absolute Gasteiger partial charge is 0.267 e. The number of carbonyl (C=O) groups is 1. The summed E-state index contributed by atoms with van der Waals surface area (Å²) in [5.74, 6) is 1.41. The highest BCUT2D eigenvalue weighted by molar-refractivity contribution is 8.26. The van der Waals surface area contributed by atoms with Crippen LogP contribution in [0.25, 0.3) is 11.7 Å². The van der Waals surface area contributed by atoms with Crippen molar-refractivity contribution in [3.8, 4) is 11.5 Å². The highest BCUT2D eigenvalue weighted by atomic mass is 32.2. The van der Waals surface area contributed by atoms with Gasteiger partial charge >= 0.3 is 0 Å². The Balaban J connectivity index is 1.61. The Morgan fingerprint density at radius 2 is 1.97 bits per heavy atom. The molecule has 1 aliphatic heterocycles. The van der Waals surface area contributed by atoms with Gasteiger partial charge in [-0.1, -0.05) is 42.2 Å². The second-order valence-electron chi connectivity index (χ2n) is 7.55. The highest BCUT2D eigenvalue weighted by Crippen LogP contribution is 2.34. The molecule has 180 valence electrons. The number of rotatable bonds is 9. The van der Waals surface area contributed by atoms with Gasteiger partial charge in [-0.05, 0) is 42.3 Å². The molecule has 3 heterocycles. The van der Waals surface area contributed by atoms with E-state index in [-0.39, 0.29) is 17.0 Å². The van der Waals surface area contributed by atoms with Crippen molar-refractivity contribution in [2.24, 2.45) is 0 Å². The van der Waals surface area contributed by atoms with Crippen molar-refractivity contribution < 1.29 is 14.3 Å². The first-order valence-corrected chi connectivity index (χ1v) is 12.0. The zero-order valence-corrected chi connectivity index (χ0v) is 20.9. The lowest BCUT2D eigenvalue weighted by Crippen LogP contribution is -2.30. The molecule has 1 aliphatic rings. The minimum atomic E-state index is -0.280. The summed E-state index contributed by atoms with van der Waals surface area (Å²) in [5, 5.41) is 3.10. The number of thiocarbonyl (C=S) groups is 1. The maximum atomic E-state index is 13.2. The van der Waals surface area contributed by atoms with Crippen molar-refractivity contribution in [2.45, 2.75) is 6.42 Å². The molecule has 0 radical (unpaired) electrons. The summed E-state index contributed by atoms with van der Waals surface area (Å²) in [5.41, 5.74) is 1.49. The van der Waals surface area contributed by atoms with E-state index in [4.69, 9.17) is 21.7 Å². The van der Waals surface area contributed by atoms with Gasteiger partial charge in [0.25, 0.3) is 11.5 Å². The van der Waals surface area contributed by atoms with Crippen molar-refractivity contribution in [3.63, 3.8) is 0 Å². The molecule has 1 saturated heterocycles. The number of amides is 1. The molecule has 0 atom stereocenters. The summed E-state index contributed by atoms with van der Waals surface area (Å²) < 4.78 is 12.5. The first kappa shape index (κ1) is 24.5. The number of anilines is 1. The molecule has 35 heavy (non-hydrogen) atoms. The third-order valence-electron chi connectivity index (χ3n) is 5.40. The maximum absolute atomic E-state index is 13.2. The first-order valence-electron chi connectivity index (χ1n) is 10.8. The fraction of sp³-hybridized carbons (Fsp3) is 0.200. The predicted octanol–water partition coefficient (Wildman–Crippen LogP) is 3.75. The summed E-state index contributed by atoms with van der Waals surface area (Å²) in [4.78, 5) is 32.9. The van der Waals surface area contributed by atoms with E-state index in [1.54, 1.807) is 49.6 Å². The molecule has 0 bridgehead atoms. The minimum absolute atomic E-state index is 0.243. The number of ether oxygens (including phenoxy) is 2. The first-order chi connectivity index (χ1) is 17.0. The van der Waals surface area contributed by atoms with Crippen LogP contribution in [-0.4, -0.2) is 51.8 Å². The third kappa shape index (κ3) is 5.08. The van der Waals surface area contributed by atoms with Crippen molar-refractivity contribution in [1.29, 1.82) is 0 Å². The number of methoxy groups -OCH3 is 2. The van der Waals surface area contributed by atoms with Crippen LogP contribution in [0.4, 0.5) is 5.82 Å². The van der Waals surface area contributed by atoms with E-state index < -0.39 is 0 Å². The molecule has 0 aliphatic carbocycles. The molecule has 3 aromatic rings. The van der Waals surface area contributed by atoms with E-state index in [1.165, 1.54) is 16.2 Å². The number of nitrogens with one attached hydrogen (secondary N) is 1. The summed E-state index contributed by atoms with van der Waals surface area (Å²) in [7, 11) is 3.16. The second-order valence-corrected chi connectivity index (χ2v) is 9.23. The summed E-state index contributed by atoms with van der Waals surface area (Å²) in [6, 6.07) is 10.9. The molecular weight excluding hydrogens is 484 g/mol. The molecule has 1 fully saturated rings. The van der Waals surface area contributed by atoms with Crippen molar-refractivity contribution in [3.05, 3.63) is 81.6 Å². The van der Waals surface area contributed by atoms with Gasteiger partial charge in [-0.2, -0.15) is 0 Å². The molecule has 4 rings (SSSR count). The number of pyridine rings is 1. The lowest BCUT2D eigenvalue weighted by Gasteiger charge is -2.15. The van der Waals surface area contributed by atoms with Crippen LogP contribution in [0.1, 0.15) is 11.1 Å². The molecule has 10 heteroatoms. The zero-order chi connectivity index (χ0) is 24.9. The average Bonchev–Trinajstić information content (AvgIpc) is 3.14.